The Morgan fingerprint density at radius 2 is 1.49 bits per heavy atom. The minimum atomic E-state index is -1.02. The van der Waals surface area contributed by atoms with Crippen LogP contribution >= 0.6 is 0 Å². The molecule has 0 saturated heterocycles. The lowest BCUT2D eigenvalue weighted by atomic mass is 9.86. The molecule has 11 nitrogen and oxygen atoms in total. The van der Waals surface area contributed by atoms with Crippen molar-refractivity contribution in [2.75, 3.05) is 20.8 Å². The molecule has 0 amide bonds. The molecule has 0 fully saturated rings. The fraction of sp³-hybridized carbons (Fsp3) is 0.176. The third-order valence-corrected chi connectivity index (χ3v) is 7.42. The summed E-state index contributed by atoms with van der Waals surface area (Å²) in [5, 5.41) is 51.7. The number of carbonyl (C=O) groups is 1. The maximum absolute atomic E-state index is 13.3. The molecule has 0 aliphatic carbocycles. The molecule has 0 aliphatic heterocycles. The van der Waals surface area contributed by atoms with E-state index in [0.29, 0.717) is 24.3 Å². The van der Waals surface area contributed by atoms with E-state index >= 15 is 0 Å². The lowest BCUT2D eigenvalue weighted by Crippen LogP contribution is -2.12. The Balaban J connectivity index is 1.55. The molecule has 0 radical (unpaired) electrons. The van der Waals surface area contributed by atoms with Gasteiger partial charge in [-0.15, -0.1) is 0 Å². The van der Waals surface area contributed by atoms with E-state index in [-0.39, 0.29) is 23.1 Å². The fourth-order valence-electron chi connectivity index (χ4n) is 5.05. The van der Waals surface area contributed by atoms with E-state index in [9.17, 15) is 35.1 Å². The van der Waals surface area contributed by atoms with Crippen molar-refractivity contribution in [3.8, 4) is 51.6 Å². The molecule has 45 heavy (non-hydrogen) atoms. The van der Waals surface area contributed by atoms with Gasteiger partial charge in [0.2, 0.25) is 11.2 Å². The Bertz CT molecular complexity index is 1910. The van der Waals surface area contributed by atoms with Gasteiger partial charge in [-0.2, -0.15) is 0 Å². The molecule has 0 aliphatic rings. The maximum Gasteiger partial charge on any atom is 0.306 e. The Labute approximate surface area is 256 Å². The predicted molar refractivity (Wildman–Crippen MR) is 163 cm³/mol. The smallest absolute Gasteiger partial charge is 0.306 e. The Hall–Kier alpha value is -5.84. The van der Waals surface area contributed by atoms with Gasteiger partial charge >= 0.3 is 5.97 Å². The monoisotopic (exact) mass is 614 g/mol. The van der Waals surface area contributed by atoms with E-state index < -0.39 is 57.2 Å². The van der Waals surface area contributed by atoms with Crippen LogP contribution in [0.15, 0.2) is 82.0 Å². The van der Waals surface area contributed by atoms with E-state index in [1.807, 2.05) is 24.3 Å². The zero-order valence-electron chi connectivity index (χ0n) is 24.3. The number of rotatable bonds is 10. The van der Waals surface area contributed by atoms with Crippen molar-refractivity contribution >= 4 is 16.9 Å². The second kappa shape index (κ2) is 12.8. The number of fused-ring (bicyclic) bond motifs is 1. The van der Waals surface area contributed by atoms with Crippen LogP contribution in [0.1, 0.15) is 29.0 Å². The maximum atomic E-state index is 13.3. The minimum Gasteiger partial charge on any atom is -0.507 e. The van der Waals surface area contributed by atoms with Gasteiger partial charge in [0.25, 0.3) is 0 Å². The summed E-state index contributed by atoms with van der Waals surface area (Å²) in [5.41, 5.74) is 0.264. The van der Waals surface area contributed by atoms with Gasteiger partial charge in [0.05, 0.1) is 27.2 Å². The van der Waals surface area contributed by atoms with Crippen LogP contribution in [0.4, 0.5) is 0 Å². The van der Waals surface area contributed by atoms with Gasteiger partial charge in [-0.25, -0.2) is 0 Å². The normalized spacial score (nSPS) is 11.7. The number of phenols is 4. The highest BCUT2D eigenvalue weighted by molar-refractivity contribution is 5.92. The molecule has 4 aromatic carbocycles. The van der Waals surface area contributed by atoms with Gasteiger partial charge in [-0.3, -0.25) is 9.59 Å². The van der Waals surface area contributed by atoms with Gasteiger partial charge < -0.3 is 44.2 Å². The molecule has 0 unspecified atom stereocenters. The highest BCUT2D eigenvalue weighted by Gasteiger charge is 2.30. The molecule has 1 atom stereocenters. The molecule has 0 spiro atoms. The van der Waals surface area contributed by atoms with Gasteiger partial charge in [0.15, 0.2) is 17.3 Å². The van der Waals surface area contributed by atoms with Crippen LogP contribution in [0, 0.1) is 0 Å². The molecule has 11 heteroatoms. The average Bonchev–Trinajstić information content (AvgIpc) is 3.03. The lowest BCUT2D eigenvalue weighted by molar-refractivity contribution is -0.140. The molecule has 1 heterocycles. The number of benzene rings is 4. The second-order valence-corrected chi connectivity index (χ2v) is 10.2. The topological polar surface area (TPSA) is 176 Å². The zero-order valence-corrected chi connectivity index (χ0v) is 24.3. The summed E-state index contributed by atoms with van der Waals surface area (Å²) in [6, 6.07) is 18.8. The van der Waals surface area contributed by atoms with Crippen LogP contribution < -0.4 is 14.9 Å². The molecule has 5 aromatic rings. The van der Waals surface area contributed by atoms with Crippen LogP contribution in [0.2, 0.25) is 0 Å². The van der Waals surface area contributed by atoms with Crippen molar-refractivity contribution in [1.29, 1.82) is 0 Å². The number of hydrogen-bond donors (Lipinski definition) is 5. The van der Waals surface area contributed by atoms with E-state index in [1.54, 1.807) is 31.4 Å². The first kappa shape index (κ1) is 30.6. The van der Waals surface area contributed by atoms with Crippen molar-refractivity contribution < 1.29 is 49.0 Å². The number of phenolic OH excluding ortho intramolecular Hbond substituents is 4. The van der Waals surface area contributed by atoms with Crippen molar-refractivity contribution in [2.45, 2.75) is 18.8 Å². The largest absolute Gasteiger partial charge is 0.507 e. The molecule has 5 rings (SSSR count). The summed E-state index contributed by atoms with van der Waals surface area (Å²) >= 11 is 0. The van der Waals surface area contributed by atoms with Crippen LogP contribution in [0.25, 0.3) is 22.3 Å². The zero-order chi connectivity index (χ0) is 32.2. The standard InChI is InChI=1S/C34H30O11/c1-42-21-8-3-18(4-9-21)13-14-44-22-10-5-19(6-11-22)23(16-28(39)43-2)29-26(37)17-27(38)30-31(40)32(41)33(45-34(29)30)20-7-12-24(35)25(36)15-20/h3-12,15,17,23,35-38,41H,13-14,16H2,1-2H3/t23-/m1/s1. The fourth-order valence-corrected chi connectivity index (χ4v) is 5.05. The number of hydrogen-bond acceptors (Lipinski definition) is 11. The minimum absolute atomic E-state index is 0.0243. The first-order chi connectivity index (χ1) is 21.6. The van der Waals surface area contributed by atoms with E-state index in [0.717, 1.165) is 29.5 Å². The summed E-state index contributed by atoms with van der Waals surface area (Å²) < 4.78 is 21.9. The van der Waals surface area contributed by atoms with Crippen LogP contribution in [-0.4, -0.2) is 52.3 Å². The third-order valence-electron chi connectivity index (χ3n) is 7.42. The molecular formula is C34H30O11. The van der Waals surface area contributed by atoms with Crippen LogP contribution in [0.5, 0.6) is 40.2 Å². The summed E-state index contributed by atoms with van der Waals surface area (Å²) in [6.07, 6.45) is 0.360. The van der Waals surface area contributed by atoms with Crippen LogP contribution in [0.3, 0.4) is 0 Å². The quantitative estimate of drug-likeness (QED) is 0.102. The number of carbonyl (C=O) groups excluding carboxylic acids is 1. The Morgan fingerprint density at radius 3 is 2.13 bits per heavy atom. The molecule has 1 aromatic heterocycles. The van der Waals surface area contributed by atoms with E-state index in [1.165, 1.54) is 13.2 Å². The Kier molecular flexibility index (Phi) is 8.71. The number of esters is 1. The summed E-state index contributed by atoms with van der Waals surface area (Å²) in [7, 11) is 2.81. The van der Waals surface area contributed by atoms with Crippen molar-refractivity contribution in [1.82, 2.24) is 0 Å². The predicted octanol–water partition coefficient (Wildman–Crippen LogP) is 5.31. The summed E-state index contributed by atoms with van der Waals surface area (Å²) in [4.78, 5) is 25.9. The van der Waals surface area contributed by atoms with E-state index in [4.69, 9.17) is 18.6 Å². The Morgan fingerprint density at radius 1 is 0.800 bits per heavy atom. The summed E-state index contributed by atoms with van der Waals surface area (Å²) in [5.74, 6) is -3.66. The van der Waals surface area contributed by atoms with E-state index in [2.05, 4.69) is 0 Å². The first-order valence-corrected chi connectivity index (χ1v) is 13.8. The lowest BCUT2D eigenvalue weighted by Gasteiger charge is -2.21. The number of aromatic hydroxyl groups is 5. The van der Waals surface area contributed by atoms with Gasteiger partial charge in [0, 0.05) is 29.5 Å². The number of methoxy groups -OCH3 is 2. The molecule has 5 N–H and O–H groups in total. The van der Waals surface area contributed by atoms with Crippen molar-refractivity contribution in [3.05, 3.63) is 99.7 Å². The first-order valence-electron chi connectivity index (χ1n) is 13.8. The molecule has 0 saturated carbocycles. The number of ether oxygens (including phenoxy) is 3. The molecular weight excluding hydrogens is 584 g/mol. The third kappa shape index (κ3) is 6.28. The average molecular weight is 615 g/mol. The molecule has 232 valence electrons. The highest BCUT2D eigenvalue weighted by atomic mass is 16.5. The highest BCUT2D eigenvalue weighted by Crippen LogP contribution is 2.45. The van der Waals surface area contributed by atoms with Crippen molar-refractivity contribution in [2.24, 2.45) is 0 Å². The van der Waals surface area contributed by atoms with Gasteiger partial charge in [0.1, 0.15) is 34.0 Å². The molecule has 0 bridgehead atoms. The van der Waals surface area contributed by atoms with Crippen LogP contribution in [-0.2, 0) is 16.0 Å². The SMILES string of the molecule is COC(=O)C[C@H](c1ccc(OCCc2ccc(OC)cc2)cc1)c1c(O)cc(O)c2c(=O)c(O)c(-c3ccc(O)c(O)c3)oc12. The summed E-state index contributed by atoms with van der Waals surface area (Å²) in [6.45, 7) is 0.394. The van der Waals surface area contributed by atoms with Gasteiger partial charge in [-0.1, -0.05) is 24.3 Å². The van der Waals surface area contributed by atoms with Crippen molar-refractivity contribution in [3.63, 3.8) is 0 Å². The second-order valence-electron chi connectivity index (χ2n) is 10.2. The van der Waals surface area contributed by atoms with Gasteiger partial charge in [-0.05, 0) is 53.6 Å².